The fourth-order valence-electron chi connectivity index (χ4n) is 1.44. The van der Waals surface area contributed by atoms with Gasteiger partial charge in [-0.15, -0.1) is 0 Å². The van der Waals surface area contributed by atoms with Gasteiger partial charge in [0.15, 0.2) is 0 Å². The van der Waals surface area contributed by atoms with Gasteiger partial charge in [-0.25, -0.2) is 4.79 Å². The van der Waals surface area contributed by atoms with Crippen LogP contribution in [0.3, 0.4) is 0 Å². The molecule has 17 heavy (non-hydrogen) atoms. The van der Waals surface area contributed by atoms with Crippen molar-refractivity contribution in [3.8, 4) is 0 Å². The van der Waals surface area contributed by atoms with Gasteiger partial charge < -0.3 is 20.6 Å². The van der Waals surface area contributed by atoms with Crippen molar-refractivity contribution in [2.75, 3.05) is 11.5 Å². The first-order chi connectivity index (χ1) is 8.15. The fraction of sp³-hybridized carbons (Fsp3) is 0.0833. The van der Waals surface area contributed by atoms with E-state index in [4.69, 9.17) is 20.6 Å². The van der Waals surface area contributed by atoms with Crippen LogP contribution in [0.5, 0.6) is 0 Å². The molecule has 0 spiro atoms. The molecule has 0 amide bonds. The van der Waals surface area contributed by atoms with Crippen LogP contribution >= 0.6 is 0 Å². The van der Waals surface area contributed by atoms with Crippen LogP contribution in [0.15, 0.2) is 41.2 Å². The highest BCUT2D eigenvalue weighted by Gasteiger charge is 2.08. The Bertz CT molecular complexity index is 500. The van der Waals surface area contributed by atoms with E-state index in [2.05, 4.69) is 0 Å². The number of anilines is 2. The molecule has 0 radical (unpaired) electrons. The summed E-state index contributed by atoms with van der Waals surface area (Å²) < 4.78 is 9.86. The zero-order valence-corrected chi connectivity index (χ0v) is 9.05. The van der Waals surface area contributed by atoms with Crippen molar-refractivity contribution in [1.29, 1.82) is 0 Å². The Morgan fingerprint density at radius 2 is 1.94 bits per heavy atom. The molecule has 2 rings (SSSR count). The zero-order valence-electron chi connectivity index (χ0n) is 9.05. The minimum absolute atomic E-state index is 0.124. The van der Waals surface area contributed by atoms with E-state index < -0.39 is 5.97 Å². The number of ether oxygens (including phenoxy) is 1. The monoisotopic (exact) mass is 232 g/mol. The Balaban J connectivity index is 2.00. The van der Waals surface area contributed by atoms with E-state index in [-0.39, 0.29) is 6.61 Å². The fourth-order valence-corrected chi connectivity index (χ4v) is 1.44. The van der Waals surface area contributed by atoms with E-state index in [0.29, 0.717) is 16.9 Å². The topological polar surface area (TPSA) is 91.5 Å². The first kappa shape index (κ1) is 11.1. The van der Waals surface area contributed by atoms with Crippen molar-refractivity contribution in [1.82, 2.24) is 0 Å². The highest BCUT2D eigenvalue weighted by Crippen LogP contribution is 2.15. The van der Waals surface area contributed by atoms with Gasteiger partial charge in [-0.3, -0.25) is 0 Å². The normalized spacial score (nSPS) is 10.1. The van der Waals surface area contributed by atoms with Crippen molar-refractivity contribution in [3.63, 3.8) is 0 Å². The van der Waals surface area contributed by atoms with Crippen molar-refractivity contribution >= 4 is 17.3 Å². The lowest BCUT2D eigenvalue weighted by Gasteiger charge is -2.05. The average molecular weight is 232 g/mol. The molecule has 5 heteroatoms. The molecule has 5 nitrogen and oxygen atoms in total. The summed E-state index contributed by atoms with van der Waals surface area (Å²) in [6.07, 6.45) is 2.74. The Labute approximate surface area is 98.0 Å². The molecule has 2 aromatic rings. The van der Waals surface area contributed by atoms with Crippen LogP contribution in [0.2, 0.25) is 0 Å². The number of carbonyl (C=O) groups excluding carboxylic acids is 1. The number of esters is 1. The second kappa shape index (κ2) is 4.61. The molecule has 1 aromatic carbocycles. The molecule has 1 aromatic heterocycles. The molecule has 0 saturated carbocycles. The molecular formula is C12H12N2O3. The summed E-state index contributed by atoms with van der Waals surface area (Å²) in [5, 5.41) is 0. The largest absolute Gasteiger partial charge is 0.472 e. The number of nitrogens with two attached hydrogens (primary N) is 2. The third-order valence-corrected chi connectivity index (χ3v) is 2.16. The second-order valence-electron chi connectivity index (χ2n) is 3.60. The van der Waals surface area contributed by atoms with Crippen LogP contribution in [0, 0.1) is 0 Å². The Kier molecular flexibility index (Phi) is 3.00. The van der Waals surface area contributed by atoms with E-state index in [1.165, 1.54) is 18.6 Å². The van der Waals surface area contributed by atoms with E-state index in [9.17, 15) is 4.79 Å². The van der Waals surface area contributed by atoms with Crippen molar-refractivity contribution in [2.45, 2.75) is 6.61 Å². The predicted molar refractivity (Wildman–Crippen MR) is 63.1 cm³/mol. The van der Waals surface area contributed by atoms with Gasteiger partial charge in [0.2, 0.25) is 0 Å². The quantitative estimate of drug-likeness (QED) is 0.622. The SMILES string of the molecule is Nc1cc(N)cc(COC(=O)c2ccoc2)c1. The second-order valence-corrected chi connectivity index (χ2v) is 3.60. The average Bonchev–Trinajstić information content (AvgIpc) is 2.78. The van der Waals surface area contributed by atoms with Gasteiger partial charge in [0.25, 0.3) is 0 Å². The number of benzene rings is 1. The van der Waals surface area contributed by atoms with Crippen molar-refractivity contribution < 1.29 is 13.9 Å². The summed E-state index contributed by atoms with van der Waals surface area (Å²) in [7, 11) is 0. The standard InChI is InChI=1S/C12H12N2O3/c13-10-3-8(4-11(14)5-10)6-17-12(15)9-1-2-16-7-9/h1-5,7H,6,13-14H2. The smallest absolute Gasteiger partial charge is 0.341 e. The molecule has 0 saturated heterocycles. The van der Waals surface area contributed by atoms with Crippen LogP contribution in [0.25, 0.3) is 0 Å². The van der Waals surface area contributed by atoms with Crippen molar-refractivity contribution in [2.24, 2.45) is 0 Å². The van der Waals surface area contributed by atoms with E-state index in [1.54, 1.807) is 18.2 Å². The Morgan fingerprint density at radius 3 is 2.53 bits per heavy atom. The van der Waals surface area contributed by atoms with Crippen LogP contribution in [0.4, 0.5) is 11.4 Å². The molecule has 0 unspecified atom stereocenters. The lowest BCUT2D eigenvalue weighted by molar-refractivity contribution is 0.0472. The summed E-state index contributed by atoms with van der Waals surface area (Å²) in [6.45, 7) is 0.124. The lowest BCUT2D eigenvalue weighted by Crippen LogP contribution is -2.04. The molecule has 0 aliphatic carbocycles. The van der Waals surface area contributed by atoms with Gasteiger partial charge in [-0.2, -0.15) is 0 Å². The molecule has 0 aliphatic heterocycles. The highest BCUT2D eigenvalue weighted by atomic mass is 16.5. The third-order valence-electron chi connectivity index (χ3n) is 2.16. The summed E-state index contributed by atoms with van der Waals surface area (Å²) >= 11 is 0. The van der Waals surface area contributed by atoms with Crippen LogP contribution in [0.1, 0.15) is 15.9 Å². The maximum absolute atomic E-state index is 11.5. The molecule has 0 aliphatic rings. The van der Waals surface area contributed by atoms with Gasteiger partial charge in [-0.1, -0.05) is 0 Å². The maximum atomic E-state index is 11.5. The van der Waals surface area contributed by atoms with Crippen LogP contribution in [-0.2, 0) is 11.3 Å². The van der Waals surface area contributed by atoms with Gasteiger partial charge >= 0.3 is 5.97 Å². The Morgan fingerprint density at radius 1 is 1.24 bits per heavy atom. The van der Waals surface area contributed by atoms with Gasteiger partial charge in [-0.05, 0) is 29.8 Å². The number of carbonyl (C=O) groups is 1. The number of hydrogen-bond donors (Lipinski definition) is 2. The Hall–Kier alpha value is -2.43. The maximum Gasteiger partial charge on any atom is 0.341 e. The first-order valence-corrected chi connectivity index (χ1v) is 4.99. The highest BCUT2D eigenvalue weighted by molar-refractivity contribution is 5.88. The van der Waals surface area contributed by atoms with E-state index in [1.807, 2.05) is 0 Å². The minimum atomic E-state index is -0.445. The molecule has 0 fully saturated rings. The van der Waals surface area contributed by atoms with E-state index in [0.717, 1.165) is 5.56 Å². The number of furan rings is 1. The lowest BCUT2D eigenvalue weighted by atomic mass is 10.2. The third kappa shape index (κ3) is 2.78. The molecule has 4 N–H and O–H groups in total. The first-order valence-electron chi connectivity index (χ1n) is 4.99. The van der Waals surface area contributed by atoms with E-state index >= 15 is 0 Å². The number of rotatable bonds is 3. The van der Waals surface area contributed by atoms with Crippen molar-refractivity contribution in [3.05, 3.63) is 47.9 Å². The van der Waals surface area contributed by atoms with Crippen LogP contribution < -0.4 is 11.5 Å². The number of hydrogen-bond acceptors (Lipinski definition) is 5. The zero-order chi connectivity index (χ0) is 12.3. The summed E-state index contributed by atoms with van der Waals surface area (Å²) in [4.78, 5) is 11.5. The molecular weight excluding hydrogens is 220 g/mol. The van der Waals surface area contributed by atoms with Gasteiger partial charge in [0, 0.05) is 11.4 Å². The molecule has 0 bridgehead atoms. The van der Waals surface area contributed by atoms with Gasteiger partial charge in [0.05, 0.1) is 11.8 Å². The molecule has 1 heterocycles. The van der Waals surface area contributed by atoms with Crippen LogP contribution in [-0.4, -0.2) is 5.97 Å². The van der Waals surface area contributed by atoms with Gasteiger partial charge in [0.1, 0.15) is 12.9 Å². The summed E-state index contributed by atoms with van der Waals surface area (Å²) in [5.74, 6) is -0.445. The predicted octanol–water partition coefficient (Wildman–Crippen LogP) is 1.80. The summed E-state index contributed by atoms with van der Waals surface area (Å²) in [6, 6.07) is 6.59. The number of nitrogen functional groups attached to an aromatic ring is 2. The molecule has 0 atom stereocenters. The molecule has 88 valence electrons. The minimum Gasteiger partial charge on any atom is -0.472 e. The summed E-state index contributed by atoms with van der Waals surface area (Å²) in [5.41, 5.74) is 13.5.